The maximum atomic E-state index is 13.8. The van der Waals surface area contributed by atoms with Crippen LogP contribution in [-0.2, 0) is 4.79 Å². The van der Waals surface area contributed by atoms with Crippen molar-refractivity contribution in [2.24, 2.45) is 0 Å². The van der Waals surface area contributed by atoms with Crippen molar-refractivity contribution in [3.8, 4) is 11.5 Å². The number of amides is 1. The molecule has 1 fully saturated rings. The fraction of sp³-hybridized carbons (Fsp3) is 0.167. The van der Waals surface area contributed by atoms with Crippen LogP contribution < -0.4 is 4.90 Å². The summed E-state index contributed by atoms with van der Waals surface area (Å²) in [6.07, 6.45) is 0.141. The quantitative estimate of drug-likeness (QED) is 0.716. The zero-order valence-electron chi connectivity index (χ0n) is 13.3. The van der Waals surface area contributed by atoms with Crippen LogP contribution in [0.4, 0.5) is 18.9 Å². The van der Waals surface area contributed by atoms with Crippen molar-refractivity contribution in [1.29, 1.82) is 0 Å². The molecule has 132 valence electrons. The van der Waals surface area contributed by atoms with Crippen LogP contribution in [0, 0.1) is 17.5 Å². The summed E-state index contributed by atoms with van der Waals surface area (Å²) in [6, 6.07) is 8.51. The van der Waals surface area contributed by atoms with Crippen LogP contribution in [0.25, 0.3) is 11.5 Å². The van der Waals surface area contributed by atoms with E-state index in [4.69, 9.17) is 4.52 Å². The van der Waals surface area contributed by atoms with Crippen molar-refractivity contribution in [3.05, 3.63) is 65.7 Å². The van der Waals surface area contributed by atoms with Crippen molar-refractivity contribution < 1.29 is 22.5 Å². The second-order valence-electron chi connectivity index (χ2n) is 5.96. The molecule has 5 nitrogen and oxygen atoms in total. The summed E-state index contributed by atoms with van der Waals surface area (Å²) in [5.41, 5.74) is 0.433. The van der Waals surface area contributed by atoms with Gasteiger partial charge in [-0.25, -0.2) is 13.2 Å². The number of benzene rings is 2. The number of carbonyl (C=O) groups is 1. The first-order valence-electron chi connectivity index (χ1n) is 7.86. The molecule has 1 aliphatic heterocycles. The second kappa shape index (κ2) is 6.29. The number of hydrogen-bond donors (Lipinski definition) is 0. The summed E-state index contributed by atoms with van der Waals surface area (Å²) < 4.78 is 45.2. The largest absolute Gasteiger partial charge is 0.334 e. The molecule has 1 atom stereocenters. The number of aromatic nitrogens is 2. The topological polar surface area (TPSA) is 59.2 Å². The minimum Gasteiger partial charge on any atom is -0.334 e. The lowest BCUT2D eigenvalue weighted by Gasteiger charge is -2.15. The third-order valence-corrected chi connectivity index (χ3v) is 4.23. The van der Waals surface area contributed by atoms with Gasteiger partial charge >= 0.3 is 0 Å². The molecule has 0 saturated carbocycles. The molecule has 0 aliphatic carbocycles. The smallest absolute Gasteiger partial charge is 0.261 e. The molecule has 3 aromatic rings. The van der Waals surface area contributed by atoms with Gasteiger partial charge in [-0.05, 0) is 42.5 Å². The number of hydrogen-bond acceptors (Lipinski definition) is 4. The van der Waals surface area contributed by atoms with E-state index in [0.29, 0.717) is 5.69 Å². The molecule has 0 radical (unpaired) electrons. The Balaban J connectivity index is 1.58. The highest BCUT2D eigenvalue weighted by Gasteiger charge is 2.34. The van der Waals surface area contributed by atoms with Crippen molar-refractivity contribution in [1.82, 2.24) is 10.1 Å². The van der Waals surface area contributed by atoms with Crippen LogP contribution in [0.3, 0.4) is 0 Å². The molecule has 8 heteroatoms. The molecule has 1 saturated heterocycles. The van der Waals surface area contributed by atoms with Gasteiger partial charge in [0, 0.05) is 24.6 Å². The molecule has 0 bridgehead atoms. The predicted octanol–water partition coefficient (Wildman–Crippen LogP) is 3.67. The first-order chi connectivity index (χ1) is 12.5. The summed E-state index contributed by atoms with van der Waals surface area (Å²) in [5.74, 6) is -2.13. The first kappa shape index (κ1) is 16.3. The lowest BCUT2D eigenvalue weighted by atomic mass is 10.1. The van der Waals surface area contributed by atoms with E-state index in [2.05, 4.69) is 10.1 Å². The predicted molar refractivity (Wildman–Crippen MR) is 85.8 cm³/mol. The van der Waals surface area contributed by atoms with E-state index in [1.54, 1.807) is 0 Å². The maximum absolute atomic E-state index is 13.8. The van der Waals surface area contributed by atoms with Crippen LogP contribution in [0.5, 0.6) is 0 Å². The molecule has 2 aromatic carbocycles. The van der Waals surface area contributed by atoms with Crippen molar-refractivity contribution in [2.75, 3.05) is 11.4 Å². The lowest BCUT2D eigenvalue weighted by Crippen LogP contribution is -2.24. The van der Waals surface area contributed by atoms with Gasteiger partial charge < -0.3 is 9.42 Å². The molecule has 4 rings (SSSR count). The van der Waals surface area contributed by atoms with Gasteiger partial charge in [0.25, 0.3) is 5.89 Å². The fourth-order valence-corrected chi connectivity index (χ4v) is 2.92. The SMILES string of the molecule is O=C1C[C@@H](c2noc(-c3cc(F)ccc3F)n2)CN1c1ccc(F)cc1. The number of rotatable bonds is 3. The minimum atomic E-state index is -0.683. The van der Waals surface area contributed by atoms with Gasteiger partial charge in [0.05, 0.1) is 5.56 Å². The minimum absolute atomic E-state index is 0.136. The Hall–Kier alpha value is -3.16. The third-order valence-electron chi connectivity index (χ3n) is 4.23. The van der Waals surface area contributed by atoms with Gasteiger partial charge in [0.2, 0.25) is 5.91 Å². The molecule has 0 N–H and O–H groups in total. The molecule has 0 spiro atoms. The monoisotopic (exact) mass is 359 g/mol. The fourth-order valence-electron chi connectivity index (χ4n) is 2.92. The van der Waals surface area contributed by atoms with Gasteiger partial charge in [-0.1, -0.05) is 5.16 Å². The van der Waals surface area contributed by atoms with E-state index < -0.39 is 17.5 Å². The molecule has 0 unspecified atom stereocenters. The van der Waals surface area contributed by atoms with Gasteiger partial charge in [0.15, 0.2) is 5.82 Å². The number of anilines is 1. The molecule has 1 amide bonds. The Morgan fingerprint density at radius 3 is 2.54 bits per heavy atom. The number of nitrogens with zero attached hydrogens (tertiary/aromatic N) is 3. The highest BCUT2D eigenvalue weighted by molar-refractivity contribution is 5.96. The van der Waals surface area contributed by atoms with Crippen LogP contribution in [0.1, 0.15) is 18.2 Å². The molecule has 2 heterocycles. The summed E-state index contributed by atoms with van der Waals surface area (Å²) in [4.78, 5) is 17.9. The summed E-state index contributed by atoms with van der Waals surface area (Å²) in [5, 5.41) is 3.81. The third kappa shape index (κ3) is 2.94. The highest BCUT2D eigenvalue weighted by Crippen LogP contribution is 2.32. The van der Waals surface area contributed by atoms with E-state index in [-0.39, 0.29) is 42.1 Å². The Labute approximate surface area is 146 Å². The van der Waals surface area contributed by atoms with Gasteiger partial charge in [-0.15, -0.1) is 0 Å². The van der Waals surface area contributed by atoms with Gasteiger partial charge in [-0.3, -0.25) is 4.79 Å². The van der Waals surface area contributed by atoms with Crippen molar-refractivity contribution in [2.45, 2.75) is 12.3 Å². The second-order valence-corrected chi connectivity index (χ2v) is 5.96. The Kier molecular flexibility index (Phi) is 3.95. The number of halogens is 3. The van der Waals surface area contributed by atoms with Gasteiger partial charge in [0.1, 0.15) is 17.5 Å². The number of carbonyl (C=O) groups excluding carboxylic acids is 1. The molecular formula is C18H12F3N3O2. The lowest BCUT2D eigenvalue weighted by molar-refractivity contribution is -0.117. The average Bonchev–Trinajstić information content (AvgIpc) is 3.25. The average molecular weight is 359 g/mol. The molecule has 26 heavy (non-hydrogen) atoms. The van der Waals surface area contributed by atoms with Gasteiger partial charge in [-0.2, -0.15) is 4.98 Å². The zero-order chi connectivity index (χ0) is 18.3. The van der Waals surface area contributed by atoms with E-state index in [9.17, 15) is 18.0 Å². The molecule has 1 aliphatic rings. The zero-order valence-corrected chi connectivity index (χ0v) is 13.3. The van der Waals surface area contributed by atoms with E-state index >= 15 is 0 Å². The Morgan fingerprint density at radius 1 is 1.04 bits per heavy atom. The standard InChI is InChI=1S/C18H12F3N3O2/c19-11-1-4-13(5-2-11)24-9-10(7-16(24)25)17-22-18(26-23-17)14-8-12(20)3-6-15(14)21/h1-6,8,10H,7,9H2/t10-/m1/s1. The summed E-state index contributed by atoms with van der Waals surface area (Å²) >= 11 is 0. The van der Waals surface area contributed by atoms with Crippen LogP contribution in [0.15, 0.2) is 47.0 Å². The van der Waals surface area contributed by atoms with E-state index in [0.717, 1.165) is 18.2 Å². The summed E-state index contributed by atoms with van der Waals surface area (Å²) in [6.45, 7) is 0.287. The van der Waals surface area contributed by atoms with Crippen LogP contribution in [-0.4, -0.2) is 22.6 Å². The molecular weight excluding hydrogens is 347 g/mol. The van der Waals surface area contributed by atoms with E-state index in [1.807, 2.05) is 0 Å². The normalized spacial score (nSPS) is 17.1. The van der Waals surface area contributed by atoms with E-state index in [1.165, 1.54) is 29.2 Å². The maximum Gasteiger partial charge on any atom is 0.261 e. The van der Waals surface area contributed by atoms with Crippen molar-refractivity contribution in [3.63, 3.8) is 0 Å². The van der Waals surface area contributed by atoms with Crippen LogP contribution in [0.2, 0.25) is 0 Å². The summed E-state index contributed by atoms with van der Waals surface area (Å²) in [7, 11) is 0. The van der Waals surface area contributed by atoms with Crippen molar-refractivity contribution >= 4 is 11.6 Å². The Morgan fingerprint density at radius 2 is 1.77 bits per heavy atom. The molecule has 1 aromatic heterocycles. The first-order valence-corrected chi connectivity index (χ1v) is 7.86. The highest BCUT2D eigenvalue weighted by atomic mass is 19.1. The van der Waals surface area contributed by atoms with Crippen LogP contribution >= 0.6 is 0 Å². The Bertz CT molecular complexity index is 972.